The first-order valence-corrected chi connectivity index (χ1v) is 14.3. The van der Waals surface area contributed by atoms with Crippen molar-refractivity contribution in [3.8, 4) is 5.75 Å². The largest absolute Gasteiger partial charge is 0.476 e. The number of likely N-dealkylation sites (tertiary alicyclic amines) is 1. The zero-order valence-corrected chi connectivity index (χ0v) is 21.9. The van der Waals surface area contributed by atoms with E-state index in [1.54, 1.807) is 42.5 Å². The summed E-state index contributed by atoms with van der Waals surface area (Å²) < 4.78 is 34.3. The average Bonchev–Trinajstić information content (AvgIpc) is 2.93. The molecular formula is C29H33N3O4S. The maximum atomic E-state index is 13.5. The van der Waals surface area contributed by atoms with Gasteiger partial charge < -0.3 is 10.1 Å². The van der Waals surface area contributed by atoms with Gasteiger partial charge in [-0.15, -0.1) is 0 Å². The summed E-state index contributed by atoms with van der Waals surface area (Å²) in [4.78, 5) is 15.8. The summed E-state index contributed by atoms with van der Waals surface area (Å²) >= 11 is 0. The molecular weight excluding hydrogens is 486 g/mol. The number of nitrogens with zero attached hydrogens (tertiary/aromatic N) is 2. The Labute approximate surface area is 219 Å². The molecule has 0 aromatic heterocycles. The Kier molecular flexibility index (Phi) is 7.48. The normalized spacial score (nSPS) is 18.1. The van der Waals surface area contributed by atoms with Gasteiger partial charge in [0.15, 0.2) is 6.10 Å². The van der Waals surface area contributed by atoms with E-state index in [9.17, 15) is 13.2 Å². The Bertz CT molecular complexity index is 1340. The van der Waals surface area contributed by atoms with Crippen LogP contribution in [0.15, 0.2) is 77.7 Å². The molecule has 7 nitrogen and oxygen atoms in total. The Morgan fingerprint density at radius 1 is 0.946 bits per heavy atom. The van der Waals surface area contributed by atoms with Gasteiger partial charge in [-0.2, -0.15) is 0 Å². The van der Waals surface area contributed by atoms with Crippen molar-refractivity contribution in [2.75, 3.05) is 23.9 Å². The molecule has 8 heteroatoms. The van der Waals surface area contributed by atoms with E-state index in [0.717, 1.165) is 30.8 Å². The van der Waals surface area contributed by atoms with Crippen molar-refractivity contribution >= 4 is 21.6 Å². The lowest BCUT2D eigenvalue weighted by atomic mass is 10.1. The van der Waals surface area contributed by atoms with Gasteiger partial charge in [0.05, 0.1) is 17.1 Å². The smallest absolute Gasteiger partial charge is 0.264 e. The lowest BCUT2D eigenvalue weighted by Gasteiger charge is -2.35. The molecule has 0 saturated carbocycles. The molecule has 2 aliphatic heterocycles. The van der Waals surface area contributed by atoms with Gasteiger partial charge in [-0.3, -0.25) is 14.0 Å². The van der Waals surface area contributed by atoms with Crippen LogP contribution in [0, 0.1) is 6.92 Å². The van der Waals surface area contributed by atoms with Gasteiger partial charge >= 0.3 is 0 Å². The first-order valence-electron chi connectivity index (χ1n) is 12.8. The topological polar surface area (TPSA) is 79.0 Å². The van der Waals surface area contributed by atoms with Crippen molar-refractivity contribution in [3.05, 3.63) is 89.5 Å². The number of aryl methyl sites for hydroxylation is 1. The van der Waals surface area contributed by atoms with Crippen LogP contribution in [0.25, 0.3) is 0 Å². The Morgan fingerprint density at radius 2 is 1.65 bits per heavy atom. The highest BCUT2D eigenvalue weighted by Crippen LogP contribution is 2.37. The molecule has 0 aliphatic carbocycles. The molecule has 1 N–H and O–H groups in total. The molecule has 0 unspecified atom stereocenters. The second-order valence-electron chi connectivity index (χ2n) is 9.80. The fraction of sp³-hybridized carbons (Fsp3) is 0.345. The van der Waals surface area contributed by atoms with E-state index in [1.165, 1.54) is 29.1 Å². The number of anilines is 1. The first kappa shape index (κ1) is 25.3. The van der Waals surface area contributed by atoms with Crippen LogP contribution >= 0.6 is 0 Å². The maximum Gasteiger partial charge on any atom is 0.264 e. The summed E-state index contributed by atoms with van der Waals surface area (Å²) in [6.45, 7) is 5.39. The number of carbonyl (C=O) groups is 1. The van der Waals surface area contributed by atoms with E-state index >= 15 is 0 Å². The third-order valence-corrected chi connectivity index (χ3v) is 8.75. The molecule has 0 radical (unpaired) electrons. The van der Waals surface area contributed by atoms with E-state index in [1.807, 2.05) is 25.1 Å². The van der Waals surface area contributed by atoms with Gasteiger partial charge in [-0.1, -0.05) is 55.0 Å². The van der Waals surface area contributed by atoms with Crippen molar-refractivity contribution < 1.29 is 17.9 Å². The molecule has 5 rings (SSSR count). The number of carbonyl (C=O) groups excluding carboxylic acids is 1. The monoisotopic (exact) mass is 519 g/mol. The second-order valence-corrected chi connectivity index (χ2v) is 11.7. The number of fused-ring (bicyclic) bond motifs is 1. The third kappa shape index (κ3) is 5.81. The van der Waals surface area contributed by atoms with Crippen LogP contribution in [-0.4, -0.2) is 45.0 Å². The minimum atomic E-state index is -3.87. The van der Waals surface area contributed by atoms with E-state index < -0.39 is 16.1 Å². The summed E-state index contributed by atoms with van der Waals surface area (Å²) in [5.41, 5.74) is 3.59. The van der Waals surface area contributed by atoms with E-state index in [4.69, 9.17) is 4.74 Å². The van der Waals surface area contributed by atoms with Gasteiger partial charge in [0.2, 0.25) is 0 Å². The average molecular weight is 520 g/mol. The van der Waals surface area contributed by atoms with Crippen molar-refractivity contribution in [1.82, 2.24) is 10.2 Å². The third-order valence-electron chi connectivity index (χ3n) is 6.95. The number of hydrogen-bond donors (Lipinski definition) is 1. The fourth-order valence-corrected chi connectivity index (χ4v) is 6.38. The number of amides is 1. The highest BCUT2D eigenvalue weighted by atomic mass is 32.2. The zero-order chi connectivity index (χ0) is 25.8. The SMILES string of the molecule is Cc1ccc2c(c1)N(S(=O)(=O)c1ccccc1)C[C@H](C(=O)NCc1ccc(CN3CCCCC3)cc1)O2. The Morgan fingerprint density at radius 3 is 2.38 bits per heavy atom. The molecule has 1 atom stereocenters. The van der Waals surface area contributed by atoms with Crippen LogP contribution in [0.3, 0.4) is 0 Å². The lowest BCUT2D eigenvalue weighted by Crippen LogP contribution is -2.50. The number of ether oxygens (including phenoxy) is 1. The van der Waals surface area contributed by atoms with Gasteiger partial charge in [0.1, 0.15) is 5.75 Å². The fourth-order valence-electron chi connectivity index (χ4n) is 4.89. The van der Waals surface area contributed by atoms with Crippen molar-refractivity contribution in [2.24, 2.45) is 0 Å². The van der Waals surface area contributed by atoms with Crippen LogP contribution in [0.5, 0.6) is 5.75 Å². The molecule has 3 aromatic carbocycles. The van der Waals surface area contributed by atoms with E-state index in [2.05, 4.69) is 22.3 Å². The van der Waals surface area contributed by atoms with Crippen molar-refractivity contribution in [3.63, 3.8) is 0 Å². The molecule has 1 fully saturated rings. The summed E-state index contributed by atoms with van der Waals surface area (Å²) in [5.74, 6) is 0.0236. The molecule has 0 bridgehead atoms. The van der Waals surface area contributed by atoms with Crippen molar-refractivity contribution in [1.29, 1.82) is 0 Å². The van der Waals surface area contributed by atoms with E-state index in [-0.39, 0.29) is 17.3 Å². The van der Waals surface area contributed by atoms with Crippen LogP contribution in [0.2, 0.25) is 0 Å². The van der Waals surface area contributed by atoms with E-state index in [0.29, 0.717) is 18.0 Å². The second kappa shape index (κ2) is 10.9. The quantitative estimate of drug-likeness (QED) is 0.505. The molecule has 0 spiro atoms. The lowest BCUT2D eigenvalue weighted by molar-refractivity contribution is -0.127. The number of rotatable bonds is 7. The number of benzene rings is 3. The molecule has 1 amide bonds. The number of sulfonamides is 1. The number of piperidine rings is 1. The molecule has 3 aromatic rings. The van der Waals surface area contributed by atoms with Crippen LogP contribution in [0.1, 0.15) is 36.0 Å². The highest BCUT2D eigenvalue weighted by molar-refractivity contribution is 7.92. The molecule has 2 heterocycles. The summed E-state index contributed by atoms with van der Waals surface area (Å²) in [6, 6.07) is 21.9. The molecule has 1 saturated heterocycles. The predicted octanol–water partition coefficient (Wildman–Crippen LogP) is 4.25. The predicted molar refractivity (Wildman–Crippen MR) is 144 cm³/mol. The summed E-state index contributed by atoms with van der Waals surface area (Å²) in [7, 11) is -3.87. The first-order chi connectivity index (χ1) is 17.9. The van der Waals surface area contributed by atoms with Crippen molar-refractivity contribution in [2.45, 2.75) is 50.3 Å². The molecule has 37 heavy (non-hydrogen) atoms. The van der Waals surface area contributed by atoms with Gasteiger partial charge in [-0.05, 0) is 73.8 Å². The number of hydrogen-bond acceptors (Lipinski definition) is 5. The minimum Gasteiger partial charge on any atom is -0.476 e. The van der Waals surface area contributed by atoms with Crippen LogP contribution < -0.4 is 14.4 Å². The van der Waals surface area contributed by atoms with Gasteiger partial charge in [0, 0.05) is 13.1 Å². The van der Waals surface area contributed by atoms with Crippen LogP contribution in [-0.2, 0) is 27.9 Å². The van der Waals surface area contributed by atoms with Gasteiger partial charge in [0.25, 0.3) is 15.9 Å². The van der Waals surface area contributed by atoms with Gasteiger partial charge in [-0.25, -0.2) is 8.42 Å². The molecule has 2 aliphatic rings. The minimum absolute atomic E-state index is 0.103. The zero-order valence-electron chi connectivity index (χ0n) is 21.1. The van der Waals surface area contributed by atoms with Crippen LogP contribution in [0.4, 0.5) is 5.69 Å². The highest BCUT2D eigenvalue weighted by Gasteiger charge is 2.37. The standard InChI is InChI=1S/C29H33N3O4S/c1-22-10-15-27-26(18-22)32(37(34,35)25-8-4-2-5-9-25)21-28(36-27)29(33)30-19-23-11-13-24(14-12-23)20-31-16-6-3-7-17-31/h2,4-5,8-15,18,28H,3,6-7,16-17,19-21H2,1H3,(H,30,33)/t28-/m1/s1. The Hall–Kier alpha value is -3.36. The number of nitrogens with one attached hydrogen (secondary N) is 1. The summed E-state index contributed by atoms with van der Waals surface area (Å²) in [6.07, 6.45) is 2.89. The summed E-state index contributed by atoms with van der Waals surface area (Å²) in [5, 5.41) is 2.93. The molecule has 194 valence electrons. The Balaban J connectivity index is 1.27. The maximum absolute atomic E-state index is 13.5.